The number of aryl methyl sites for hydroxylation is 1. The fourth-order valence-corrected chi connectivity index (χ4v) is 3.02. The third-order valence-electron chi connectivity index (χ3n) is 2.90. The molecule has 112 valence electrons. The molecule has 0 radical (unpaired) electrons. The molecule has 0 saturated carbocycles. The van der Waals surface area contributed by atoms with Crippen LogP contribution in [0.5, 0.6) is 0 Å². The summed E-state index contributed by atoms with van der Waals surface area (Å²) in [6.07, 6.45) is 0.222. The van der Waals surface area contributed by atoms with Crippen LogP contribution in [0, 0.1) is 6.92 Å². The van der Waals surface area contributed by atoms with Gasteiger partial charge in [-0.05, 0) is 31.2 Å². The predicted octanol–water partition coefficient (Wildman–Crippen LogP) is 3.94. The first-order chi connectivity index (χ1) is 10.6. The number of benzene rings is 1. The van der Waals surface area contributed by atoms with Gasteiger partial charge in [0.15, 0.2) is 0 Å². The Balaban J connectivity index is 1.67. The monoisotopic (exact) mass is 333 g/mol. The first-order valence-corrected chi connectivity index (χ1v) is 7.74. The van der Waals surface area contributed by atoms with Crippen molar-refractivity contribution in [2.45, 2.75) is 13.3 Å². The molecule has 0 aliphatic carbocycles. The van der Waals surface area contributed by atoms with Crippen molar-refractivity contribution in [3.63, 3.8) is 0 Å². The molecule has 2 aromatic heterocycles. The summed E-state index contributed by atoms with van der Waals surface area (Å²) in [6, 6.07) is 11.4. The van der Waals surface area contributed by atoms with Gasteiger partial charge in [-0.25, -0.2) is 0 Å². The first-order valence-electron chi connectivity index (χ1n) is 6.55. The average molecular weight is 334 g/mol. The van der Waals surface area contributed by atoms with Crippen LogP contribution in [0.1, 0.15) is 10.4 Å². The quantitative estimate of drug-likeness (QED) is 0.785. The Bertz CT molecular complexity index is 812. The minimum Gasteiger partial charge on any atom is -0.403 e. The van der Waals surface area contributed by atoms with Crippen LogP contribution in [0.25, 0.3) is 11.5 Å². The minimum atomic E-state index is -0.224. The summed E-state index contributed by atoms with van der Waals surface area (Å²) in [6.45, 7) is 1.98. The Hall–Kier alpha value is -2.18. The number of hydrogen-bond donors (Lipinski definition) is 1. The van der Waals surface area contributed by atoms with Crippen LogP contribution in [-0.4, -0.2) is 16.1 Å². The summed E-state index contributed by atoms with van der Waals surface area (Å²) in [5.74, 6) is 0.149. The number of amides is 1. The third-order valence-corrected chi connectivity index (χ3v) is 4.13. The normalized spacial score (nSPS) is 10.6. The predicted molar refractivity (Wildman–Crippen MR) is 86.1 cm³/mol. The number of thiophene rings is 1. The van der Waals surface area contributed by atoms with Gasteiger partial charge in [0.2, 0.25) is 11.8 Å². The lowest BCUT2D eigenvalue weighted by molar-refractivity contribution is -0.115. The number of anilines is 1. The Morgan fingerprint density at radius 1 is 1.32 bits per heavy atom. The van der Waals surface area contributed by atoms with E-state index in [2.05, 4.69) is 15.5 Å². The van der Waals surface area contributed by atoms with E-state index in [1.807, 2.05) is 37.3 Å². The van der Waals surface area contributed by atoms with E-state index in [4.69, 9.17) is 16.0 Å². The van der Waals surface area contributed by atoms with Gasteiger partial charge < -0.3 is 4.42 Å². The lowest BCUT2D eigenvalue weighted by Gasteiger charge is -1.98. The van der Waals surface area contributed by atoms with Gasteiger partial charge in [0, 0.05) is 10.4 Å². The van der Waals surface area contributed by atoms with Gasteiger partial charge in [-0.2, -0.15) is 0 Å². The molecule has 0 unspecified atom stereocenters. The molecule has 0 atom stereocenters. The van der Waals surface area contributed by atoms with Crippen molar-refractivity contribution in [2.75, 3.05) is 5.32 Å². The maximum atomic E-state index is 11.9. The largest absolute Gasteiger partial charge is 0.403 e. The number of carbonyl (C=O) groups is 1. The number of carbonyl (C=O) groups excluding carboxylic acids is 1. The van der Waals surface area contributed by atoms with Gasteiger partial charge in [-0.3, -0.25) is 10.1 Å². The van der Waals surface area contributed by atoms with Crippen LogP contribution in [0.15, 0.2) is 40.8 Å². The molecule has 1 aromatic carbocycles. The van der Waals surface area contributed by atoms with E-state index in [1.165, 1.54) is 11.3 Å². The van der Waals surface area contributed by atoms with Crippen molar-refractivity contribution < 1.29 is 9.21 Å². The van der Waals surface area contributed by atoms with E-state index in [0.29, 0.717) is 10.2 Å². The van der Waals surface area contributed by atoms with Crippen LogP contribution >= 0.6 is 22.9 Å². The molecule has 3 aromatic rings. The molecule has 1 amide bonds. The van der Waals surface area contributed by atoms with E-state index >= 15 is 0 Å². The number of nitrogens with zero attached hydrogens (tertiary/aromatic N) is 2. The van der Waals surface area contributed by atoms with Crippen molar-refractivity contribution in [1.29, 1.82) is 0 Å². The number of hydrogen-bond acceptors (Lipinski definition) is 5. The Labute approximate surface area is 135 Å². The number of nitrogens with one attached hydrogen (secondary N) is 1. The van der Waals surface area contributed by atoms with Gasteiger partial charge in [0.25, 0.3) is 0 Å². The van der Waals surface area contributed by atoms with E-state index in [1.54, 1.807) is 6.07 Å². The second kappa shape index (κ2) is 6.29. The average Bonchev–Trinajstić information content (AvgIpc) is 3.08. The summed E-state index contributed by atoms with van der Waals surface area (Å²) in [4.78, 5) is 12.8. The van der Waals surface area contributed by atoms with E-state index in [9.17, 15) is 4.79 Å². The highest BCUT2D eigenvalue weighted by molar-refractivity contribution is 7.16. The molecule has 0 aliphatic heterocycles. The van der Waals surface area contributed by atoms with Crippen molar-refractivity contribution >= 4 is 34.9 Å². The molecule has 22 heavy (non-hydrogen) atoms. The maximum absolute atomic E-state index is 11.9. The maximum Gasteiger partial charge on any atom is 0.322 e. The molecule has 0 fully saturated rings. The van der Waals surface area contributed by atoms with Gasteiger partial charge in [-0.1, -0.05) is 34.4 Å². The summed E-state index contributed by atoms with van der Waals surface area (Å²) in [5.41, 5.74) is 1.91. The standard InChI is InChI=1S/C15H12ClN3O2S/c1-9-3-2-4-10(7-9)14-18-19-15(21-14)17-13(20)8-11-5-6-12(16)22-11/h2-7H,8H2,1H3,(H,17,19,20). The zero-order valence-electron chi connectivity index (χ0n) is 11.7. The zero-order valence-corrected chi connectivity index (χ0v) is 13.2. The van der Waals surface area contributed by atoms with E-state index in [0.717, 1.165) is 16.0 Å². The second-order valence-electron chi connectivity index (χ2n) is 4.71. The number of aromatic nitrogens is 2. The molecular formula is C15H12ClN3O2S. The second-order valence-corrected chi connectivity index (χ2v) is 6.51. The zero-order chi connectivity index (χ0) is 15.5. The van der Waals surface area contributed by atoms with Gasteiger partial charge in [0.05, 0.1) is 10.8 Å². The van der Waals surface area contributed by atoms with Crippen LogP contribution < -0.4 is 5.32 Å². The summed E-state index contributed by atoms with van der Waals surface area (Å²) < 4.78 is 6.12. The molecule has 0 aliphatic rings. The van der Waals surface area contributed by atoms with Crippen molar-refractivity contribution in [3.8, 4) is 11.5 Å². The van der Waals surface area contributed by atoms with Crippen molar-refractivity contribution in [3.05, 3.63) is 51.2 Å². The van der Waals surface area contributed by atoms with E-state index in [-0.39, 0.29) is 18.3 Å². The Morgan fingerprint density at radius 2 is 2.18 bits per heavy atom. The molecule has 3 rings (SSSR count). The lowest BCUT2D eigenvalue weighted by Crippen LogP contribution is -2.13. The molecule has 0 bridgehead atoms. The van der Waals surface area contributed by atoms with Crippen molar-refractivity contribution in [1.82, 2.24) is 10.2 Å². The molecular weight excluding hydrogens is 322 g/mol. The number of halogens is 1. The number of rotatable bonds is 4. The third kappa shape index (κ3) is 3.52. The first kappa shape index (κ1) is 14.7. The van der Waals surface area contributed by atoms with Crippen LogP contribution in [0.2, 0.25) is 4.34 Å². The van der Waals surface area contributed by atoms with E-state index < -0.39 is 0 Å². The van der Waals surface area contributed by atoms with Crippen molar-refractivity contribution in [2.24, 2.45) is 0 Å². The highest BCUT2D eigenvalue weighted by atomic mass is 35.5. The highest BCUT2D eigenvalue weighted by Gasteiger charge is 2.12. The van der Waals surface area contributed by atoms with Crippen LogP contribution in [0.3, 0.4) is 0 Å². The van der Waals surface area contributed by atoms with Gasteiger partial charge in [0.1, 0.15) is 0 Å². The fraction of sp³-hybridized carbons (Fsp3) is 0.133. The minimum absolute atomic E-state index is 0.0872. The fourth-order valence-electron chi connectivity index (χ4n) is 1.94. The molecule has 1 N–H and O–H groups in total. The Kier molecular flexibility index (Phi) is 4.22. The lowest BCUT2D eigenvalue weighted by atomic mass is 10.1. The molecule has 7 heteroatoms. The SMILES string of the molecule is Cc1cccc(-c2nnc(NC(=O)Cc3ccc(Cl)s3)o2)c1. The summed E-state index contributed by atoms with van der Waals surface area (Å²) in [7, 11) is 0. The Morgan fingerprint density at radius 3 is 2.91 bits per heavy atom. The summed E-state index contributed by atoms with van der Waals surface area (Å²) >= 11 is 7.20. The molecule has 5 nitrogen and oxygen atoms in total. The topological polar surface area (TPSA) is 68.0 Å². The van der Waals surface area contributed by atoms with Gasteiger partial charge >= 0.3 is 6.01 Å². The smallest absolute Gasteiger partial charge is 0.322 e. The molecule has 0 saturated heterocycles. The van der Waals surface area contributed by atoms with Crippen LogP contribution in [0.4, 0.5) is 6.01 Å². The molecule has 2 heterocycles. The van der Waals surface area contributed by atoms with Gasteiger partial charge in [-0.15, -0.1) is 16.4 Å². The van der Waals surface area contributed by atoms with Crippen LogP contribution in [-0.2, 0) is 11.2 Å². The highest BCUT2D eigenvalue weighted by Crippen LogP contribution is 2.23. The summed E-state index contributed by atoms with van der Waals surface area (Å²) in [5, 5.41) is 10.4. The molecule has 0 spiro atoms.